The molecule has 0 spiro atoms. The van der Waals surface area contributed by atoms with E-state index in [-0.39, 0.29) is 43.7 Å². The zero-order chi connectivity index (χ0) is 53.0. The quantitative estimate of drug-likeness (QED) is 0.0473. The molecule has 7 aromatic carbocycles. The summed E-state index contributed by atoms with van der Waals surface area (Å²) in [6.45, 7) is -0.397. The van der Waals surface area contributed by atoms with Crippen LogP contribution in [0.2, 0.25) is 0 Å². The Bertz CT molecular complexity index is 3280. The standard InChI is InChI=1S/C60H56N5O11P/c1-68-49-30-24-44(25-31-49)36-71-55-54(76-77(67,73-37-42-16-8-4-9-17-42)74-38-43-18-10-5-11-19-43)52(75-59(55)65-41-63-53-56(61-40-62-57(53)65)64-58(66)45-20-12-6-13-21-45)39-72-60(46-22-14-7-15-23-46,47-26-32-50(69-2)33-27-47)48-28-34-51(70-3)35-29-48/h4-35,40-41,52,54-55,59H,36-39H2,1-3H3,(H,61,62,64,66)/t52-,54-,55-,59-/m1/s1. The Labute approximate surface area is 446 Å². The predicted molar refractivity (Wildman–Crippen MR) is 288 cm³/mol. The lowest BCUT2D eigenvalue weighted by molar-refractivity contribution is -0.0969. The van der Waals surface area contributed by atoms with Crippen LogP contribution in [0, 0.1) is 0 Å². The maximum Gasteiger partial charge on any atom is 0.475 e. The normalized spacial score (nSPS) is 16.5. The average Bonchev–Trinajstić information content (AvgIpc) is 4.08. The van der Waals surface area contributed by atoms with E-state index < -0.39 is 38.0 Å². The van der Waals surface area contributed by atoms with E-state index in [0.717, 1.165) is 33.4 Å². The molecule has 0 saturated carbocycles. The SMILES string of the molecule is COc1ccc(CO[C@@H]2[C@H](OP(=O)(OCc3ccccc3)OCc3ccccc3)[C@@H](COC(c3ccccc3)(c3ccc(OC)cc3)c3ccc(OC)cc3)O[C@H]2n2cnc3c(NC(=O)c4ccccc4)ncnc32)cc1. The number of hydrogen-bond donors (Lipinski definition) is 1. The number of nitrogens with zero attached hydrogens (tertiary/aromatic N) is 4. The molecule has 77 heavy (non-hydrogen) atoms. The van der Waals surface area contributed by atoms with E-state index in [1.165, 1.54) is 12.7 Å². The lowest BCUT2D eigenvalue weighted by atomic mass is 9.80. The molecule has 1 saturated heterocycles. The number of carbonyl (C=O) groups is 1. The Kier molecular flexibility index (Phi) is 16.5. The fourth-order valence-corrected chi connectivity index (χ4v) is 10.5. The van der Waals surface area contributed by atoms with Crippen LogP contribution in [0.5, 0.6) is 17.2 Å². The van der Waals surface area contributed by atoms with E-state index in [9.17, 15) is 4.79 Å². The summed E-state index contributed by atoms with van der Waals surface area (Å²) in [4.78, 5) is 27.4. The van der Waals surface area contributed by atoms with Gasteiger partial charge in [0.25, 0.3) is 5.91 Å². The molecule has 1 fully saturated rings. The van der Waals surface area contributed by atoms with Gasteiger partial charge >= 0.3 is 7.82 Å². The average molecular weight is 1050 g/mol. The van der Waals surface area contributed by atoms with Crippen LogP contribution in [0.4, 0.5) is 5.82 Å². The Morgan fingerprint density at radius 1 is 0.584 bits per heavy atom. The van der Waals surface area contributed by atoms with Gasteiger partial charge in [0, 0.05) is 5.56 Å². The van der Waals surface area contributed by atoms with Gasteiger partial charge < -0.3 is 33.7 Å². The fourth-order valence-electron chi connectivity index (χ4n) is 9.17. The van der Waals surface area contributed by atoms with Crippen LogP contribution in [-0.4, -0.2) is 71.7 Å². The largest absolute Gasteiger partial charge is 0.497 e. The number of fused-ring (bicyclic) bond motifs is 1. The second-order valence-electron chi connectivity index (χ2n) is 17.9. The highest BCUT2D eigenvalue weighted by molar-refractivity contribution is 7.48. The van der Waals surface area contributed by atoms with Gasteiger partial charge in [0.1, 0.15) is 47.5 Å². The number of phosphoric acid groups is 1. The number of phosphoric ester groups is 1. The number of aromatic nitrogens is 4. The van der Waals surface area contributed by atoms with Gasteiger partial charge in [-0.25, -0.2) is 19.5 Å². The molecule has 0 radical (unpaired) electrons. The molecule has 16 nitrogen and oxygen atoms in total. The first-order valence-electron chi connectivity index (χ1n) is 24.8. The molecular weight excluding hydrogens is 998 g/mol. The van der Waals surface area contributed by atoms with Crippen molar-refractivity contribution in [2.45, 2.75) is 50.0 Å². The van der Waals surface area contributed by atoms with Crippen molar-refractivity contribution in [2.75, 3.05) is 33.3 Å². The van der Waals surface area contributed by atoms with Crippen molar-refractivity contribution in [3.05, 3.63) is 246 Å². The Morgan fingerprint density at radius 3 is 1.62 bits per heavy atom. The summed E-state index contributed by atoms with van der Waals surface area (Å²) in [6.07, 6.45) is -1.69. The van der Waals surface area contributed by atoms with Crippen LogP contribution in [0.3, 0.4) is 0 Å². The number of amides is 1. The van der Waals surface area contributed by atoms with Crippen molar-refractivity contribution in [2.24, 2.45) is 0 Å². The van der Waals surface area contributed by atoms with Crippen LogP contribution < -0.4 is 19.5 Å². The third-order valence-corrected chi connectivity index (χ3v) is 14.5. The monoisotopic (exact) mass is 1050 g/mol. The van der Waals surface area contributed by atoms with Gasteiger partial charge in [-0.15, -0.1) is 0 Å². The minimum absolute atomic E-state index is 0.0354. The molecule has 17 heteroatoms. The summed E-state index contributed by atoms with van der Waals surface area (Å²) in [5.41, 5.74) is 4.26. The van der Waals surface area contributed by atoms with Crippen molar-refractivity contribution >= 4 is 30.7 Å². The first-order chi connectivity index (χ1) is 37.8. The molecule has 1 amide bonds. The second kappa shape index (κ2) is 24.3. The summed E-state index contributed by atoms with van der Waals surface area (Å²) >= 11 is 0. The third kappa shape index (κ3) is 12.0. The van der Waals surface area contributed by atoms with Gasteiger partial charge in [-0.3, -0.25) is 22.9 Å². The Hall–Kier alpha value is -8.05. The lowest BCUT2D eigenvalue weighted by Gasteiger charge is -2.37. The number of carbonyl (C=O) groups excluding carboxylic acids is 1. The molecule has 10 rings (SSSR count). The number of nitrogens with one attached hydrogen (secondary N) is 1. The highest BCUT2D eigenvalue weighted by Gasteiger charge is 2.53. The summed E-state index contributed by atoms with van der Waals surface area (Å²) in [5, 5.41) is 2.90. The van der Waals surface area contributed by atoms with Gasteiger partial charge in [-0.1, -0.05) is 146 Å². The number of ether oxygens (including phenoxy) is 6. The second-order valence-corrected chi connectivity index (χ2v) is 19.5. The fraction of sp³-hybridized carbons (Fsp3) is 0.200. The van der Waals surface area contributed by atoms with E-state index in [4.69, 9.17) is 47.0 Å². The highest BCUT2D eigenvalue weighted by atomic mass is 31.2. The maximum atomic E-state index is 15.7. The van der Waals surface area contributed by atoms with Crippen molar-refractivity contribution < 1.29 is 51.4 Å². The lowest BCUT2D eigenvalue weighted by Crippen LogP contribution is -2.41. The van der Waals surface area contributed by atoms with E-state index >= 15 is 4.57 Å². The van der Waals surface area contributed by atoms with Crippen molar-refractivity contribution in [1.29, 1.82) is 0 Å². The minimum Gasteiger partial charge on any atom is -0.497 e. The molecular formula is C60H56N5O11P. The smallest absolute Gasteiger partial charge is 0.475 e. The number of benzene rings is 7. The molecule has 0 bridgehead atoms. The van der Waals surface area contributed by atoms with Crippen LogP contribution in [0.15, 0.2) is 207 Å². The van der Waals surface area contributed by atoms with Crippen molar-refractivity contribution in [3.8, 4) is 17.2 Å². The highest BCUT2D eigenvalue weighted by Crippen LogP contribution is 2.55. The summed E-state index contributed by atoms with van der Waals surface area (Å²) in [7, 11) is 0.228. The molecule has 392 valence electrons. The number of hydrogen-bond acceptors (Lipinski definition) is 14. The van der Waals surface area contributed by atoms with Gasteiger partial charge in [-0.2, -0.15) is 0 Å². The Balaban J connectivity index is 1.10. The number of imidazole rings is 1. The topological polar surface area (TPSA) is 173 Å². The summed E-state index contributed by atoms with van der Waals surface area (Å²) < 4.78 is 75.3. The first kappa shape index (κ1) is 52.4. The van der Waals surface area contributed by atoms with E-state index in [0.29, 0.717) is 28.5 Å². The zero-order valence-electron chi connectivity index (χ0n) is 42.5. The van der Waals surface area contributed by atoms with Gasteiger partial charge in [0.15, 0.2) is 23.2 Å². The predicted octanol–water partition coefficient (Wildman–Crippen LogP) is 11.5. The van der Waals surface area contributed by atoms with E-state index in [1.807, 2.05) is 170 Å². The molecule has 1 aliphatic rings. The van der Waals surface area contributed by atoms with Gasteiger partial charge in [0.05, 0.1) is 54.1 Å². The molecule has 1 aliphatic heterocycles. The van der Waals surface area contributed by atoms with Crippen LogP contribution in [0.1, 0.15) is 50.0 Å². The minimum atomic E-state index is -4.60. The van der Waals surface area contributed by atoms with Gasteiger partial charge in [0.2, 0.25) is 0 Å². The summed E-state index contributed by atoms with van der Waals surface area (Å²) in [6, 6.07) is 60.1. The first-order valence-corrected chi connectivity index (χ1v) is 26.3. The number of rotatable bonds is 23. The molecule has 0 aliphatic carbocycles. The molecule has 1 N–H and O–H groups in total. The van der Waals surface area contributed by atoms with Crippen molar-refractivity contribution in [1.82, 2.24) is 19.5 Å². The van der Waals surface area contributed by atoms with Crippen molar-refractivity contribution in [3.63, 3.8) is 0 Å². The zero-order valence-corrected chi connectivity index (χ0v) is 43.4. The van der Waals surface area contributed by atoms with E-state index in [2.05, 4.69) is 15.3 Å². The van der Waals surface area contributed by atoms with E-state index in [1.54, 1.807) is 50.2 Å². The molecule has 4 atom stereocenters. The Morgan fingerprint density at radius 2 is 1.08 bits per heavy atom. The molecule has 2 aromatic heterocycles. The number of anilines is 1. The maximum absolute atomic E-state index is 15.7. The molecule has 0 unspecified atom stereocenters. The van der Waals surface area contributed by atoms with Crippen LogP contribution in [0.25, 0.3) is 11.2 Å². The van der Waals surface area contributed by atoms with Crippen LogP contribution >= 0.6 is 7.82 Å². The molecule has 3 heterocycles. The number of methoxy groups -OCH3 is 3. The van der Waals surface area contributed by atoms with Crippen LogP contribution in [-0.2, 0) is 57.8 Å². The van der Waals surface area contributed by atoms with Gasteiger partial charge in [-0.05, 0) is 81.9 Å². The third-order valence-electron chi connectivity index (χ3n) is 13.1. The molecule has 9 aromatic rings. The summed E-state index contributed by atoms with van der Waals surface area (Å²) in [5.74, 6) is 1.75.